The van der Waals surface area contributed by atoms with Crippen LogP contribution in [0.5, 0.6) is 5.75 Å². The molecule has 65 heavy (non-hydrogen) atoms. The van der Waals surface area contributed by atoms with Crippen molar-refractivity contribution in [1.29, 1.82) is 0 Å². The second-order valence-corrected chi connectivity index (χ2v) is 17.4. The Kier molecular flexibility index (Phi) is 17.9. The average Bonchev–Trinajstić information content (AvgIpc) is 3.27. The van der Waals surface area contributed by atoms with E-state index in [0.717, 1.165) is 47.6 Å². The molecule has 20 heteroatoms. The SMILES string of the molecule is Cc1cc(C(=O)NC[C@@H](O)[C@@H](O)C2O[C@@](OC3CCCCC3NC(=O)CN(C)C(=O)OCc3ccccc3)(C(=O)O)C[C@H](O)[C@H]2NC(=O)CN(N)/C=C(\N)C2CCCCC2)cc(C)c1O. The number of phenols is 1. The van der Waals surface area contributed by atoms with Gasteiger partial charge in [-0.2, -0.15) is 0 Å². The molecule has 12 N–H and O–H groups in total. The predicted molar refractivity (Wildman–Crippen MR) is 234 cm³/mol. The number of aryl methyl sites for hydroxylation is 2. The summed E-state index contributed by atoms with van der Waals surface area (Å²) in [6.07, 6.45) is -1.90. The molecule has 5 rings (SSSR count). The molecule has 0 aromatic heterocycles. The molecule has 0 bridgehead atoms. The zero-order valence-corrected chi connectivity index (χ0v) is 37.2. The number of nitrogens with one attached hydrogen (secondary N) is 3. The molecule has 1 heterocycles. The molecule has 3 aliphatic rings. The number of amides is 4. The number of benzene rings is 2. The highest BCUT2D eigenvalue weighted by atomic mass is 16.7. The minimum Gasteiger partial charge on any atom is -0.507 e. The van der Waals surface area contributed by atoms with Crippen LogP contribution in [0.25, 0.3) is 0 Å². The molecule has 1 aliphatic heterocycles. The number of nitrogens with two attached hydrogens (primary N) is 2. The minimum atomic E-state index is -2.68. The van der Waals surface area contributed by atoms with Crippen LogP contribution < -0.4 is 27.5 Å². The number of ether oxygens (including phenoxy) is 3. The van der Waals surface area contributed by atoms with E-state index in [0.29, 0.717) is 36.1 Å². The molecule has 358 valence electrons. The summed E-state index contributed by atoms with van der Waals surface area (Å²) in [7, 11) is 1.39. The lowest BCUT2D eigenvalue weighted by Crippen LogP contribution is -2.69. The molecule has 2 aliphatic carbocycles. The third-order valence-electron chi connectivity index (χ3n) is 12.2. The van der Waals surface area contributed by atoms with Crippen LogP contribution in [0.15, 0.2) is 54.4 Å². The van der Waals surface area contributed by atoms with Crippen LogP contribution in [0, 0.1) is 19.8 Å². The van der Waals surface area contributed by atoms with Crippen molar-refractivity contribution in [2.75, 3.05) is 26.7 Å². The zero-order chi connectivity index (χ0) is 47.4. The Hall–Kier alpha value is -5.51. The first-order valence-corrected chi connectivity index (χ1v) is 22.1. The molecule has 2 saturated carbocycles. The number of aromatic hydroxyl groups is 1. The Labute approximate surface area is 378 Å². The fourth-order valence-corrected chi connectivity index (χ4v) is 8.60. The number of carbonyl (C=O) groups is 5. The van der Waals surface area contributed by atoms with E-state index >= 15 is 0 Å². The van der Waals surface area contributed by atoms with Gasteiger partial charge in [0, 0.05) is 37.5 Å². The molecule has 3 fully saturated rings. The Balaban J connectivity index is 1.31. The predicted octanol–water partition coefficient (Wildman–Crippen LogP) is 1.14. The lowest BCUT2D eigenvalue weighted by molar-refractivity contribution is -0.325. The van der Waals surface area contributed by atoms with Crippen LogP contribution in [0.2, 0.25) is 0 Å². The first kappa shape index (κ1) is 50.5. The maximum atomic E-state index is 13.5. The van der Waals surface area contributed by atoms with Gasteiger partial charge in [0.25, 0.3) is 11.7 Å². The normalized spacial score (nSPS) is 24.8. The second kappa shape index (κ2) is 23.1. The molecule has 1 saturated heterocycles. The quantitative estimate of drug-likeness (QED) is 0.0741. The van der Waals surface area contributed by atoms with Crippen LogP contribution in [0.3, 0.4) is 0 Å². The summed E-state index contributed by atoms with van der Waals surface area (Å²) in [5.74, 6) is -0.138. The molecule has 0 radical (unpaired) electrons. The Morgan fingerprint density at radius 2 is 1.57 bits per heavy atom. The fraction of sp³-hybridized carbons (Fsp3) is 0.578. The molecule has 8 atom stereocenters. The highest BCUT2D eigenvalue weighted by Crippen LogP contribution is 2.37. The molecular formula is C45H65N7O13. The minimum absolute atomic E-state index is 0.00322. The van der Waals surface area contributed by atoms with Gasteiger partial charge in [-0.1, -0.05) is 62.4 Å². The van der Waals surface area contributed by atoms with Crippen molar-refractivity contribution in [2.45, 2.75) is 133 Å². The van der Waals surface area contributed by atoms with Gasteiger partial charge in [-0.05, 0) is 74.3 Å². The number of aliphatic carboxylic acids is 1. The summed E-state index contributed by atoms with van der Waals surface area (Å²) in [4.78, 5) is 66.8. The van der Waals surface area contributed by atoms with Crippen molar-refractivity contribution in [3.8, 4) is 5.75 Å². The number of allylic oxidation sites excluding steroid dienone is 1. The summed E-state index contributed by atoms with van der Waals surface area (Å²) in [6.45, 7) is 1.76. The molecule has 2 aromatic rings. The lowest BCUT2D eigenvalue weighted by Gasteiger charge is -2.48. The smallest absolute Gasteiger partial charge is 0.410 e. The van der Waals surface area contributed by atoms with Gasteiger partial charge < -0.3 is 71.3 Å². The topological polar surface area (TPSA) is 309 Å². The van der Waals surface area contributed by atoms with Crippen molar-refractivity contribution in [3.63, 3.8) is 0 Å². The van der Waals surface area contributed by atoms with E-state index in [-0.39, 0.29) is 30.3 Å². The third kappa shape index (κ3) is 13.8. The number of carboxylic acid groups (broad SMARTS) is 1. The number of rotatable bonds is 18. The molecule has 2 aromatic carbocycles. The number of hydrogen-bond acceptors (Lipinski definition) is 15. The van der Waals surface area contributed by atoms with Gasteiger partial charge in [-0.25, -0.2) is 15.4 Å². The van der Waals surface area contributed by atoms with Crippen LogP contribution in [-0.4, -0.2) is 140 Å². The molecule has 20 nitrogen and oxygen atoms in total. The number of carbonyl (C=O) groups excluding carboxylic acids is 4. The van der Waals surface area contributed by atoms with Crippen molar-refractivity contribution in [3.05, 3.63) is 76.6 Å². The number of hydrazine groups is 1. The molecule has 3 unspecified atom stereocenters. The van der Waals surface area contributed by atoms with Gasteiger partial charge in [0.1, 0.15) is 37.7 Å². The van der Waals surface area contributed by atoms with E-state index in [9.17, 15) is 49.5 Å². The van der Waals surface area contributed by atoms with E-state index in [2.05, 4.69) is 16.0 Å². The average molecular weight is 912 g/mol. The fourth-order valence-electron chi connectivity index (χ4n) is 8.60. The van der Waals surface area contributed by atoms with E-state index in [1.54, 1.807) is 38.1 Å². The standard InChI is InChI=1S/C45H65N7O13/c1-26-18-30(19-27(2)39(26)57)42(59)48-21-34(54)40(58)41-38(50-37(56)24-52(47)22-31(46)29-14-8-5-9-15-29)33(53)20-45(65-41,43(60)61)64-35-17-11-10-16-32(35)49-36(55)23-51(3)44(62)63-25-28-12-6-4-7-13-28/h4,6-7,12-13,18-19,22,29,32-35,38,40-41,53-54,57-58H,5,8-11,14-17,20-21,23-25,46-47H2,1-3H3,(H,48,59)(H,49,55)(H,50,56)(H,60,61)/b31-22-/t32?,33-,34+,35?,38+,40+,41?,45+/m0/s1. The highest BCUT2D eigenvalue weighted by Gasteiger charge is 2.57. The molecular weight excluding hydrogens is 847 g/mol. The van der Waals surface area contributed by atoms with Crippen LogP contribution in [-0.2, 0) is 35.2 Å². The Morgan fingerprint density at radius 3 is 2.23 bits per heavy atom. The van der Waals surface area contributed by atoms with E-state index < -0.39 is 104 Å². The lowest BCUT2D eigenvalue weighted by atomic mass is 9.87. The summed E-state index contributed by atoms with van der Waals surface area (Å²) >= 11 is 0. The van der Waals surface area contributed by atoms with Crippen molar-refractivity contribution < 1.29 is 63.7 Å². The zero-order valence-electron chi connectivity index (χ0n) is 37.2. The monoisotopic (exact) mass is 911 g/mol. The molecule has 4 amide bonds. The summed E-state index contributed by atoms with van der Waals surface area (Å²) in [5.41, 5.74) is 8.58. The number of aliphatic hydroxyl groups excluding tert-OH is 3. The van der Waals surface area contributed by atoms with E-state index in [1.807, 2.05) is 6.07 Å². The number of nitrogens with zero attached hydrogens (tertiary/aromatic N) is 2. The van der Waals surface area contributed by atoms with Crippen LogP contribution in [0.4, 0.5) is 4.79 Å². The van der Waals surface area contributed by atoms with Gasteiger partial charge >= 0.3 is 12.1 Å². The number of carboxylic acids is 1. The van der Waals surface area contributed by atoms with Gasteiger partial charge in [0.15, 0.2) is 0 Å². The maximum Gasteiger partial charge on any atom is 0.410 e. The Bertz CT molecular complexity index is 1980. The Morgan fingerprint density at radius 1 is 0.938 bits per heavy atom. The van der Waals surface area contributed by atoms with Crippen LogP contribution >= 0.6 is 0 Å². The number of hydrogen-bond donors (Lipinski definition) is 10. The van der Waals surface area contributed by atoms with Crippen molar-refractivity contribution in [1.82, 2.24) is 25.9 Å². The first-order chi connectivity index (χ1) is 30.9. The van der Waals surface area contributed by atoms with E-state index in [4.69, 9.17) is 25.8 Å². The first-order valence-electron chi connectivity index (χ1n) is 22.1. The largest absolute Gasteiger partial charge is 0.507 e. The van der Waals surface area contributed by atoms with Gasteiger partial charge in [-0.3, -0.25) is 14.4 Å². The van der Waals surface area contributed by atoms with Gasteiger partial charge in [0.05, 0.1) is 30.4 Å². The van der Waals surface area contributed by atoms with Gasteiger partial charge in [0.2, 0.25) is 11.8 Å². The number of likely N-dealkylation sites (N-methyl/N-ethyl adjacent to an activating group) is 1. The molecule has 0 spiro atoms. The second-order valence-electron chi connectivity index (χ2n) is 17.4. The highest BCUT2D eigenvalue weighted by molar-refractivity contribution is 5.95. The maximum absolute atomic E-state index is 13.5. The van der Waals surface area contributed by atoms with Crippen LogP contribution in [0.1, 0.15) is 91.3 Å². The summed E-state index contributed by atoms with van der Waals surface area (Å²) < 4.78 is 17.6. The van der Waals surface area contributed by atoms with Crippen molar-refractivity contribution in [2.24, 2.45) is 17.5 Å². The third-order valence-corrected chi connectivity index (χ3v) is 12.2. The van der Waals surface area contributed by atoms with Gasteiger partial charge in [-0.15, -0.1) is 0 Å². The number of aliphatic hydroxyl groups is 3. The number of phenolic OH excluding ortho intramolecular Hbond substituents is 1. The summed E-state index contributed by atoms with van der Waals surface area (Å²) in [6, 6.07) is 9.54. The summed E-state index contributed by atoms with van der Waals surface area (Å²) in [5, 5.41) is 64.5. The van der Waals surface area contributed by atoms with Crippen molar-refractivity contribution >= 4 is 29.8 Å². The van der Waals surface area contributed by atoms with E-state index in [1.165, 1.54) is 25.4 Å².